The van der Waals surface area contributed by atoms with E-state index in [0.717, 1.165) is 12.8 Å². The first-order valence-corrected chi connectivity index (χ1v) is 6.53. The number of nitrogens with zero attached hydrogens (tertiary/aromatic N) is 2. The van der Waals surface area contributed by atoms with Gasteiger partial charge in [-0.1, -0.05) is 12.8 Å². The van der Waals surface area contributed by atoms with E-state index in [1.54, 1.807) is 0 Å². The van der Waals surface area contributed by atoms with E-state index in [1.807, 2.05) is 0 Å². The third-order valence-electron chi connectivity index (χ3n) is 4.10. The fourth-order valence-electron chi connectivity index (χ4n) is 3.17. The Bertz CT molecular complexity index is 520. The van der Waals surface area contributed by atoms with Crippen molar-refractivity contribution in [3.8, 4) is 0 Å². The van der Waals surface area contributed by atoms with Crippen molar-refractivity contribution in [2.24, 2.45) is 17.8 Å². The lowest BCUT2D eigenvalue weighted by Gasteiger charge is -2.05. The van der Waals surface area contributed by atoms with Crippen LogP contribution >= 0.6 is 0 Å². The molecule has 0 saturated heterocycles. The van der Waals surface area contributed by atoms with Crippen molar-refractivity contribution < 1.29 is 14.7 Å². The van der Waals surface area contributed by atoms with E-state index in [9.17, 15) is 9.59 Å². The molecule has 3 rings (SSSR count). The Hall–Kier alpha value is -1.98. The molecule has 100 valence electrons. The lowest BCUT2D eigenvalue weighted by atomic mass is 10.0. The third kappa shape index (κ3) is 2.18. The standard InChI is InChI=1S/C13H15N3O3/c17-12(9-7-3-1-2-4-8(7)9)16-11-10(13(18)19)14-5-6-15-11/h5-9H,1-4H2,(H,18,19)(H,15,16,17). The van der Waals surface area contributed by atoms with Crippen LogP contribution in [0.5, 0.6) is 0 Å². The number of carbonyl (C=O) groups excluding carboxylic acids is 1. The summed E-state index contributed by atoms with van der Waals surface area (Å²) in [5.41, 5.74) is -0.209. The normalized spacial score (nSPS) is 28.3. The summed E-state index contributed by atoms with van der Waals surface area (Å²) in [7, 11) is 0. The summed E-state index contributed by atoms with van der Waals surface area (Å²) >= 11 is 0. The molecule has 6 nitrogen and oxygen atoms in total. The van der Waals surface area contributed by atoms with Crippen molar-refractivity contribution in [1.82, 2.24) is 9.97 Å². The van der Waals surface area contributed by atoms with E-state index in [0.29, 0.717) is 11.8 Å². The minimum absolute atomic E-state index is 0.0335. The van der Waals surface area contributed by atoms with Gasteiger partial charge in [-0.05, 0) is 24.7 Å². The molecule has 1 heterocycles. The molecule has 2 aliphatic carbocycles. The maximum Gasteiger partial charge on any atom is 0.358 e. The molecule has 1 aromatic rings. The molecule has 1 aromatic heterocycles. The van der Waals surface area contributed by atoms with Crippen molar-refractivity contribution in [2.45, 2.75) is 25.7 Å². The van der Waals surface area contributed by atoms with Gasteiger partial charge in [0.2, 0.25) is 5.91 Å². The first-order chi connectivity index (χ1) is 9.18. The number of aromatic nitrogens is 2. The molecule has 19 heavy (non-hydrogen) atoms. The quantitative estimate of drug-likeness (QED) is 0.861. The zero-order valence-electron chi connectivity index (χ0n) is 10.4. The summed E-state index contributed by atoms with van der Waals surface area (Å²) < 4.78 is 0. The molecule has 2 saturated carbocycles. The van der Waals surface area contributed by atoms with Crippen LogP contribution in [0.4, 0.5) is 5.82 Å². The zero-order chi connectivity index (χ0) is 13.4. The predicted octanol–water partition coefficient (Wildman–Crippen LogP) is 1.55. The molecule has 6 heteroatoms. The van der Waals surface area contributed by atoms with Crippen LogP contribution in [0.15, 0.2) is 12.4 Å². The maximum absolute atomic E-state index is 12.1. The average molecular weight is 261 g/mol. The number of rotatable bonds is 3. The Morgan fingerprint density at radius 2 is 1.79 bits per heavy atom. The van der Waals surface area contributed by atoms with Gasteiger partial charge in [-0.15, -0.1) is 0 Å². The van der Waals surface area contributed by atoms with E-state index < -0.39 is 5.97 Å². The summed E-state index contributed by atoms with van der Waals surface area (Å²) in [5.74, 6) is -0.247. The van der Waals surface area contributed by atoms with Gasteiger partial charge in [0.05, 0.1) is 0 Å². The largest absolute Gasteiger partial charge is 0.476 e. The monoisotopic (exact) mass is 261 g/mol. The number of amides is 1. The number of aromatic carboxylic acids is 1. The zero-order valence-corrected chi connectivity index (χ0v) is 10.4. The maximum atomic E-state index is 12.1. The highest BCUT2D eigenvalue weighted by Crippen LogP contribution is 2.55. The lowest BCUT2D eigenvalue weighted by Crippen LogP contribution is -2.19. The Labute approximate surface area is 110 Å². The molecule has 1 amide bonds. The number of carboxylic acid groups (broad SMARTS) is 1. The molecule has 0 aromatic carbocycles. The highest BCUT2D eigenvalue weighted by molar-refractivity contribution is 5.99. The van der Waals surface area contributed by atoms with Gasteiger partial charge in [0, 0.05) is 18.3 Å². The number of carbonyl (C=O) groups is 2. The van der Waals surface area contributed by atoms with E-state index in [4.69, 9.17) is 5.11 Å². The highest BCUT2D eigenvalue weighted by atomic mass is 16.4. The smallest absolute Gasteiger partial charge is 0.358 e. The molecule has 2 aliphatic rings. The summed E-state index contributed by atoms with van der Waals surface area (Å²) in [4.78, 5) is 30.7. The fourth-order valence-corrected chi connectivity index (χ4v) is 3.17. The van der Waals surface area contributed by atoms with Gasteiger partial charge in [-0.2, -0.15) is 0 Å². The second-order valence-electron chi connectivity index (χ2n) is 5.19. The third-order valence-corrected chi connectivity index (χ3v) is 4.10. The van der Waals surface area contributed by atoms with Crippen molar-refractivity contribution in [1.29, 1.82) is 0 Å². The Kier molecular flexibility index (Phi) is 2.93. The predicted molar refractivity (Wildman–Crippen MR) is 66.6 cm³/mol. The molecule has 2 N–H and O–H groups in total. The number of nitrogens with one attached hydrogen (secondary N) is 1. The van der Waals surface area contributed by atoms with Crippen molar-refractivity contribution in [3.63, 3.8) is 0 Å². The second-order valence-corrected chi connectivity index (χ2v) is 5.19. The van der Waals surface area contributed by atoms with Crippen LogP contribution in [0.3, 0.4) is 0 Å². The van der Waals surface area contributed by atoms with Crippen LogP contribution in [0.1, 0.15) is 36.2 Å². The van der Waals surface area contributed by atoms with Crippen molar-refractivity contribution in [3.05, 3.63) is 18.1 Å². The van der Waals surface area contributed by atoms with Crippen LogP contribution in [0, 0.1) is 17.8 Å². The second kappa shape index (κ2) is 4.60. The van der Waals surface area contributed by atoms with E-state index >= 15 is 0 Å². The summed E-state index contributed by atoms with van der Waals surface area (Å²) in [5, 5.41) is 11.6. The van der Waals surface area contributed by atoms with Gasteiger partial charge in [-0.25, -0.2) is 14.8 Å². The molecule has 0 spiro atoms. The highest BCUT2D eigenvalue weighted by Gasteiger charge is 2.54. The van der Waals surface area contributed by atoms with Crippen molar-refractivity contribution >= 4 is 17.7 Å². The molecule has 2 fully saturated rings. The molecular weight excluding hydrogens is 246 g/mol. The Morgan fingerprint density at radius 3 is 2.42 bits per heavy atom. The minimum Gasteiger partial charge on any atom is -0.476 e. The number of hydrogen-bond donors (Lipinski definition) is 2. The number of carboxylic acids is 1. The molecule has 0 radical (unpaired) electrons. The SMILES string of the molecule is O=C(O)c1nccnc1NC(=O)C1C2CCCCC21. The average Bonchev–Trinajstić information content (AvgIpc) is 3.13. The van der Waals surface area contributed by atoms with E-state index in [1.165, 1.54) is 25.2 Å². The minimum atomic E-state index is -1.18. The van der Waals surface area contributed by atoms with Crippen molar-refractivity contribution in [2.75, 3.05) is 5.32 Å². The summed E-state index contributed by atoms with van der Waals surface area (Å²) in [6, 6.07) is 0. The van der Waals surface area contributed by atoms with Gasteiger partial charge in [-0.3, -0.25) is 4.79 Å². The summed E-state index contributed by atoms with van der Waals surface area (Å²) in [6.07, 6.45) is 7.27. The Morgan fingerprint density at radius 1 is 1.16 bits per heavy atom. The fraction of sp³-hybridized carbons (Fsp3) is 0.538. The lowest BCUT2D eigenvalue weighted by molar-refractivity contribution is -0.117. The first-order valence-electron chi connectivity index (χ1n) is 6.53. The van der Waals surface area contributed by atoms with E-state index in [-0.39, 0.29) is 23.3 Å². The van der Waals surface area contributed by atoms with E-state index in [2.05, 4.69) is 15.3 Å². The molecule has 0 bridgehead atoms. The molecule has 0 aliphatic heterocycles. The Balaban J connectivity index is 1.72. The molecule has 2 unspecified atom stereocenters. The van der Waals surface area contributed by atoms with Gasteiger partial charge < -0.3 is 10.4 Å². The first kappa shape index (κ1) is 12.1. The summed E-state index contributed by atoms with van der Waals surface area (Å²) in [6.45, 7) is 0. The van der Waals surface area contributed by atoms with Gasteiger partial charge in [0.25, 0.3) is 0 Å². The van der Waals surface area contributed by atoms with Crippen LogP contribution < -0.4 is 5.32 Å². The van der Waals surface area contributed by atoms with Gasteiger partial charge in [0.1, 0.15) is 0 Å². The number of fused-ring (bicyclic) bond motifs is 1. The van der Waals surface area contributed by atoms with Gasteiger partial charge in [0.15, 0.2) is 11.5 Å². The molecular formula is C13H15N3O3. The molecule has 2 atom stereocenters. The van der Waals surface area contributed by atoms with Crippen LogP contribution in [-0.4, -0.2) is 27.0 Å². The number of anilines is 1. The topological polar surface area (TPSA) is 92.2 Å². The van der Waals surface area contributed by atoms with Crippen LogP contribution in [-0.2, 0) is 4.79 Å². The van der Waals surface area contributed by atoms with Crippen LogP contribution in [0.2, 0.25) is 0 Å². The number of hydrogen-bond acceptors (Lipinski definition) is 4. The van der Waals surface area contributed by atoms with Crippen LogP contribution in [0.25, 0.3) is 0 Å². The van der Waals surface area contributed by atoms with Gasteiger partial charge >= 0.3 is 5.97 Å².